The van der Waals surface area contributed by atoms with E-state index in [0.29, 0.717) is 18.8 Å². The van der Waals surface area contributed by atoms with Crippen molar-refractivity contribution in [3.63, 3.8) is 0 Å². The zero-order valence-electron chi connectivity index (χ0n) is 26.1. The van der Waals surface area contributed by atoms with Crippen LogP contribution in [0.2, 0.25) is 0 Å². The van der Waals surface area contributed by atoms with Crippen molar-refractivity contribution in [1.82, 2.24) is 14.3 Å². The van der Waals surface area contributed by atoms with Gasteiger partial charge in [-0.2, -0.15) is 0 Å². The van der Waals surface area contributed by atoms with Crippen LogP contribution in [0.5, 0.6) is 5.75 Å². The molecule has 0 aliphatic carbocycles. The first kappa shape index (κ1) is 35.2. The van der Waals surface area contributed by atoms with Crippen LogP contribution in [-0.4, -0.2) is 91.4 Å². The van der Waals surface area contributed by atoms with Gasteiger partial charge in [0.15, 0.2) is 6.29 Å². The highest BCUT2D eigenvalue weighted by Gasteiger charge is 2.44. The average molecular weight is 703 g/mol. The standard InChI is InChI=1S/C30H35BN4O11S2/c1-43-22-9-13-24(14-10-22)48(41,42)34(31)18-27(33-47(39,40)23-11-7-21(8-12-23)35(37)38)26(17-20-5-3-2-4-6-20)32-30(36)46-28-19-45-29-25(28)15-16-44-29/h2-14,25-29,33H,15-19,31H2,1H3,(H,32,36)/t25-,26-,27+,28-,29+/m0/s1. The number of sulfonamides is 2. The van der Waals surface area contributed by atoms with Crippen LogP contribution in [0.15, 0.2) is 88.7 Å². The Kier molecular flexibility index (Phi) is 11.0. The molecule has 2 fully saturated rings. The van der Waals surface area contributed by atoms with E-state index in [-0.39, 0.29) is 34.4 Å². The molecule has 2 saturated heterocycles. The van der Waals surface area contributed by atoms with E-state index in [1.165, 1.54) is 39.4 Å². The summed E-state index contributed by atoms with van der Waals surface area (Å²) in [4.78, 5) is 23.5. The molecule has 2 N–H and O–H groups in total. The number of hydrogen-bond acceptors (Lipinski definition) is 11. The molecule has 2 heterocycles. The number of methoxy groups -OCH3 is 1. The van der Waals surface area contributed by atoms with E-state index in [0.717, 1.165) is 34.0 Å². The highest BCUT2D eigenvalue weighted by Crippen LogP contribution is 2.33. The van der Waals surface area contributed by atoms with Gasteiger partial charge in [0.2, 0.25) is 28.0 Å². The van der Waals surface area contributed by atoms with E-state index in [1.807, 2.05) is 0 Å². The van der Waals surface area contributed by atoms with Crippen molar-refractivity contribution < 1.29 is 45.5 Å². The van der Waals surface area contributed by atoms with Crippen LogP contribution in [-0.2, 0) is 40.7 Å². The largest absolute Gasteiger partial charge is 0.497 e. The molecule has 3 aromatic rings. The smallest absolute Gasteiger partial charge is 0.407 e. The monoisotopic (exact) mass is 702 g/mol. The van der Waals surface area contributed by atoms with Crippen molar-refractivity contribution in [1.29, 1.82) is 0 Å². The third kappa shape index (κ3) is 8.31. The molecule has 0 saturated carbocycles. The van der Waals surface area contributed by atoms with Crippen molar-refractivity contribution in [3.05, 3.63) is 94.5 Å². The topological polar surface area (TPSA) is 193 Å². The van der Waals surface area contributed by atoms with Crippen LogP contribution in [0.25, 0.3) is 0 Å². The van der Waals surface area contributed by atoms with E-state index >= 15 is 0 Å². The van der Waals surface area contributed by atoms with Crippen LogP contribution in [0, 0.1) is 16.0 Å². The maximum absolute atomic E-state index is 13.7. The van der Waals surface area contributed by atoms with Gasteiger partial charge < -0.3 is 24.3 Å². The molecule has 2 aliphatic heterocycles. The number of ether oxygens (including phenoxy) is 4. The van der Waals surface area contributed by atoms with Crippen molar-refractivity contribution >= 4 is 39.8 Å². The van der Waals surface area contributed by atoms with Gasteiger partial charge >= 0.3 is 6.09 Å². The minimum absolute atomic E-state index is 0.0654. The van der Waals surface area contributed by atoms with Crippen molar-refractivity contribution in [2.75, 3.05) is 26.9 Å². The highest BCUT2D eigenvalue weighted by molar-refractivity contribution is 7.90. The maximum atomic E-state index is 13.7. The molecule has 5 atom stereocenters. The SMILES string of the molecule is BN(C[C@@H](NS(=O)(=O)c1ccc([N+](=O)[O-])cc1)[C@H](Cc1ccccc1)NC(=O)O[C@H]1CO[C@H]2OCC[C@H]21)S(=O)(=O)c1ccc(OC)cc1. The summed E-state index contributed by atoms with van der Waals surface area (Å²) in [6.07, 6.45) is -1.20. The number of rotatable bonds is 14. The summed E-state index contributed by atoms with van der Waals surface area (Å²) in [5.41, 5.74) is 0.407. The summed E-state index contributed by atoms with van der Waals surface area (Å²) in [5.74, 6) is 0.291. The number of alkyl carbamates (subject to hydrolysis) is 1. The third-order valence-electron chi connectivity index (χ3n) is 8.22. The molecule has 0 unspecified atom stereocenters. The molecule has 256 valence electrons. The van der Waals surface area contributed by atoms with E-state index < -0.39 is 62.1 Å². The number of carbonyl (C=O) groups excluding carboxylic acids is 1. The Morgan fingerprint density at radius 2 is 1.67 bits per heavy atom. The number of nitrogens with zero attached hydrogens (tertiary/aromatic N) is 2. The van der Waals surface area contributed by atoms with Gasteiger partial charge in [0.1, 0.15) is 11.9 Å². The van der Waals surface area contributed by atoms with Gasteiger partial charge in [-0.15, -0.1) is 0 Å². The summed E-state index contributed by atoms with van der Waals surface area (Å²) >= 11 is 0. The van der Waals surface area contributed by atoms with Crippen molar-refractivity contribution in [2.24, 2.45) is 5.92 Å². The molecule has 0 bridgehead atoms. The number of amides is 1. The maximum Gasteiger partial charge on any atom is 0.407 e. The second-order valence-corrected chi connectivity index (χ2v) is 15.1. The van der Waals surface area contributed by atoms with Gasteiger partial charge in [0.05, 0.1) is 53.0 Å². The number of non-ortho nitro benzene ring substituents is 1. The molecule has 48 heavy (non-hydrogen) atoms. The van der Waals surface area contributed by atoms with Crippen LogP contribution < -0.4 is 14.8 Å². The fourth-order valence-corrected chi connectivity index (χ4v) is 8.06. The van der Waals surface area contributed by atoms with Crippen LogP contribution in [0.4, 0.5) is 10.5 Å². The van der Waals surface area contributed by atoms with Crippen LogP contribution in [0.3, 0.4) is 0 Å². The number of nitro benzene ring substituents is 1. The fourth-order valence-electron chi connectivity index (χ4n) is 5.60. The Balaban J connectivity index is 1.46. The average Bonchev–Trinajstić information content (AvgIpc) is 3.70. The van der Waals surface area contributed by atoms with Crippen molar-refractivity contribution in [3.8, 4) is 5.75 Å². The number of nitro groups is 1. The molecular formula is C30H35BN4O11S2. The number of hydrogen-bond donors (Lipinski definition) is 2. The molecule has 0 spiro atoms. The van der Waals surface area contributed by atoms with Gasteiger partial charge in [-0.3, -0.25) is 10.1 Å². The highest BCUT2D eigenvalue weighted by atomic mass is 32.2. The van der Waals surface area contributed by atoms with Gasteiger partial charge in [-0.25, -0.2) is 30.6 Å². The Morgan fingerprint density at radius 1 is 1.00 bits per heavy atom. The molecule has 18 heteroatoms. The predicted molar refractivity (Wildman–Crippen MR) is 174 cm³/mol. The van der Waals surface area contributed by atoms with Crippen LogP contribution in [0.1, 0.15) is 12.0 Å². The lowest BCUT2D eigenvalue weighted by Gasteiger charge is -2.32. The lowest BCUT2D eigenvalue weighted by atomic mass is 9.99. The van der Waals surface area contributed by atoms with E-state index in [1.54, 1.807) is 30.3 Å². The Hall–Kier alpha value is -4.07. The minimum atomic E-state index is -4.41. The normalized spacial score (nSPS) is 20.5. The summed E-state index contributed by atoms with van der Waals surface area (Å²) in [7, 11) is -5.84. The number of nitrogens with one attached hydrogen (secondary N) is 2. The first-order chi connectivity index (χ1) is 22.9. The molecule has 5 rings (SSSR count). The zero-order valence-corrected chi connectivity index (χ0v) is 27.8. The number of benzene rings is 3. The zero-order chi connectivity index (χ0) is 34.5. The Bertz CT molecular complexity index is 1800. The molecule has 0 radical (unpaired) electrons. The van der Waals surface area contributed by atoms with E-state index in [4.69, 9.17) is 18.9 Å². The summed E-state index contributed by atoms with van der Waals surface area (Å²) in [6.45, 7) is 0.170. The first-order valence-corrected chi connectivity index (χ1v) is 17.9. The van der Waals surface area contributed by atoms with Crippen LogP contribution >= 0.6 is 0 Å². The Morgan fingerprint density at radius 3 is 2.31 bits per heavy atom. The molecule has 2 aliphatic rings. The number of fused-ring (bicyclic) bond motifs is 1. The third-order valence-corrected chi connectivity index (χ3v) is 11.6. The van der Waals surface area contributed by atoms with Gasteiger partial charge in [0.25, 0.3) is 5.69 Å². The summed E-state index contributed by atoms with van der Waals surface area (Å²) in [5, 5.41) is 13.9. The predicted octanol–water partition coefficient (Wildman–Crippen LogP) is 1.59. The minimum Gasteiger partial charge on any atom is -0.497 e. The quantitative estimate of drug-likeness (QED) is 0.141. The van der Waals surface area contributed by atoms with Gasteiger partial charge in [-0.1, -0.05) is 30.3 Å². The second-order valence-electron chi connectivity index (χ2n) is 11.3. The molecular weight excluding hydrogens is 667 g/mol. The molecule has 1 amide bonds. The van der Waals surface area contributed by atoms with Crippen molar-refractivity contribution in [2.45, 2.75) is 47.1 Å². The van der Waals surface area contributed by atoms with Gasteiger partial charge in [0, 0.05) is 18.7 Å². The summed E-state index contributed by atoms with van der Waals surface area (Å²) < 4.78 is 80.2. The molecule has 0 aromatic heterocycles. The van der Waals surface area contributed by atoms with Gasteiger partial charge in [-0.05, 0) is 54.8 Å². The number of carbonyl (C=O) groups is 1. The van der Waals surface area contributed by atoms with E-state index in [9.17, 15) is 31.7 Å². The lowest BCUT2D eigenvalue weighted by Crippen LogP contribution is -2.57. The van der Waals surface area contributed by atoms with E-state index in [2.05, 4.69) is 10.0 Å². The molecule has 3 aromatic carbocycles. The Labute approximate surface area is 279 Å². The second kappa shape index (κ2) is 15.0. The lowest BCUT2D eigenvalue weighted by molar-refractivity contribution is -0.384. The molecule has 15 nitrogen and oxygen atoms in total. The summed E-state index contributed by atoms with van der Waals surface area (Å²) in [6, 6.07) is 16.5. The fraction of sp³-hybridized carbons (Fsp3) is 0.367. The first-order valence-electron chi connectivity index (χ1n) is 15.0.